The van der Waals surface area contributed by atoms with E-state index in [4.69, 9.17) is 9.47 Å². The summed E-state index contributed by atoms with van der Waals surface area (Å²) in [5.74, 6) is 1.13. The topological polar surface area (TPSA) is 65.4 Å². The minimum atomic E-state index is -0.149. The van der Waals surface area contributed by atoms with Crippen LogP contribution in [0.15, 0.2) is 60.9 Å². The van der Waals surface area contributed by atoms with Gasteiger partial charge in [0, 0.05) is 24.5 Å². The number of aromatic nitrogens is 2. The van der Waals surface area contributed by atoms with Crippen LogP contribution in [0.4, 0.5) is 0 Å². The highest BCUT2D eigenvalue weighted by atomic mass is 16.5. The van der Waals surface area contributed by atoms with Crippen LogP contribution in [0, 0.1) is 0 Å². The summed E-state index contributed by atoms with van der Waals surface area (Å²) in [6, 6.07) is 15.1. The molecule has 0 atom stereocenters. The van der Waals surface area contributed by atoms with Crippen LogP contribution >= 0.6 is 0 Å². The molecule has 6 nitrogen and oxygen atoms in total. The Bertz CT molecular complexity index is 906. The third-order valence-corrected chi connectivity index (χ3v) is 4.29. The number of rotatable bonds is 10. The fourth-order valence-corrected chi connectivity index (χ4v) is 2.78. The fourth-order valence-electron chi connectivity index (χ4n) is 2.78. The first-order valence-electron chi connectivity index (χ1n) is 9.98. The number of nitrogens with one attached hydrogen (secondary N) is 1. The van der Waals surface area contributed by atoms with Crippen LogP contribution in [0.25, 0.3) is 5.69 Å². The van der Waals surface area contributed by atoms with Crippen molar-refractivity contribution >= 4 is 5.91 Å². The Kier molecular flexibility index (Phi) is 7.28. The molecular weight excluding hydrogens is 366 g/mol. The maximum absolute atomic E-state index is 12.6. The van der Waals surface area contributed by atoms with Gasteiger partial charge in [0.25, 0.3) is 5.91 Å². The van der Waals surface area contributed by atoms with Gasteiger partial charge in [-0.25, -0.2) is 4.68 Å². The molecule has 29 heavy (non-hydrogen) atoms. The molecule has 1 amide bonds. The molecule has 0 aliphatic heterocycles. The molecule has 0 bridgehead atoms. The molecule has 1 heterocycles. The summed E-state index contributed by atoms with van der Waals surface area (Å²) in [5.41, 5.74) is 2.54. The van der Waals surface area contributed by atoms with Crippen LogP contribution in [0.5, 0.6) is 11.5 Å². The van der Waals surface area contributed by atoms with Gasteiger partial charge in [-0.15, -0.1) is 0 Å². The Labute approximate surface area is 171 Å². The summed E-state index contributed by atoms with van der Waals surface area (Å²) in [4.78, 5) is 12.6. The zero-order chi connectivity index (χ0) is 20.5. The van der Waals surface area contributed by atoms with E-state index < -0.39 is 0 Å². The van der Waals surface area contributed by atoms with Gasteiger partial charge in [-0.2, -0.15) is 5.10 Å². The van der Waals surface area contributed by atoms with E-state index in [2.05, 4.69) is 17.3 Å². The molecule has 0 saturated heterocycles. The number of carbonyl (C=O) groups excluding carboxylic acids is 1. The lowest BCUT2D eigenvalue weighted by atomic mass is 10.1. The minimum Gasteiger partial charge on any atom is -0.490 e. The third-order valence-electron chi connectivity index (χ3n) is 4.29. The second-order valence-corrected chi connectivity index (χ2v) is 6.66. The number of carbonyl (C=O) groups is 1. The molecule has 0 fully saturated rings. The van der Waals surface area contributed by atoms with Crippen LogP contribution < -0.4 is 14.8 Å². The van der Waals surface area contributed by atoms with Crippen molar-refractivity contribution < 1.29 is 14.3 Å². The highest BCUT2D eigenvalue weighted by Gasteiger charge is 2.12. The van der Waals surface area contributed by atoms with Crippen molar-refractivity contribution in [2.75, 3.05) is 13.2 Å². The number of nitrogens with zero attached hydrogens (tertiary/aromatic N) is 2. The van der Waals surface area contributed by atoms with Gasteiger partial charge >= 0.3 is 0 Å². The molecule has 0 aliphatic carbocycles. The summed E-state index contributed by atoms with van der Waals surface area (Å²) < 4.78 is 13.3. The number of amides is 1. The Hall–Kier alpha value is -3.28. The van der Waals surface area contributed by atoms with Crippen LogP contribution in [0.1, 0.15) is 42.6 Å². The van der Waals surface area contributed by atoms with E-state index in [0.717, 1.165) is 24.1 Å². The Morgan fingerprint density at radius 2 is 1.72 bits per heavy atom. The second kappa shape index (κ2) is 10.3. The van der Waals surface area contributed by atoms with Gasteiger partial charge in [-0.1, -0.05) is 26.0 Å². The average Bonchev–Trinajstić information content (AvgIpc) is 3.30. The summed E-state index contributed by atoms with van der Waals surface area (Å²) in [6.07, 6.45) is 5.43. The Balaban J connectivity index is 1.63. The molecule has 2 aromatic carbocycles. The van der Waals surface area contributed by atoms with Crippen molar-refractivity contribution in [3.05, 3.63) is 72.1 Å². The normalized spacial score (nSPS) is 10.6. The number of benzene rings is 2. The van der Waals surface area contributed by atoms with Crippen LogP contribution in [0.3, 0.4) is 0 Å². The van der Waals surface area contributed by atoms with Gasteiger partial charge in [0.2, 0.25) is 0 Å². The van der Waals surface area contributed by atoms with E-state index in [1.54, 1.807) is 29.1 Å². The largest absolute Gasteiger partial charge is 0.490 e. The van der Waals surface area contributed by atoms with Crippen molar-refractivity contribution in [2.24, 2.45) is 0 Å². The number of hydrogen-bond donors (Lipinski definition) is 1. The van der Waals surface area contributed by atoms with Gasteiger partial charge in [0.15, 0.2) is 11.5 Å². The van der Waals surface area contributed by atoms with E-state index in [9.17, 15) is 4.79 Å². The first kappa shape index (κ1) is 20.5. The zero-order valence-corrected chi connectivity index (χ0v) is 16.9. The Morgan fingerprint density at radius 1 is 1.00 bits per heavy atom. The second-order valence-electron chi connectivity index (χ2n) is 6.66. The molecule has 0 unspecified atom stereocenters. The quantitative estimate of drug-likeness (QED) is 0.555. The van der Waals surface area contributed by atoms with Crippen molar-refractivity contribution in [1.29, 1.82) is 0 Å². The lowest BCUT2D eigenvalue weighted by Crippen LogP contribution is -2.22. The monoisotopic (exact) mass is 393 g/mol. The highest BCUT2D eigenvalue weighted by molar-refractivity contribution is 5.94. The van der Waals surface area contributed by atoms with Gasteiger partial charge in [-0.05, 0) is 54.8 Å². The van der Waals surface area contributed by atoms with E-state index in [1.165, 1.54) is 0 Å². The third kappa shape index (κ3) is 5.60. The van der Waals surface area contributed by atoms with Crippen LogP contribution in [-0.4, -0.2) is 28.9 Å². The Morgan fingerprint density at radius 3 is 2.38 bits per heavy atom. The lowest BCUT2D eigenvalue weighted by Gasteiger charge is -2.14. The van der Waals surface area contributed by atoms with E-state index >= 15 is 0 Å². The highest BCUT2D eigenvalue weighted by Crippen LogP contribution is 2.29. The molecule has 1 N–H and O–H groups in total. The molecule has 3 aromatic rings. The molecule has 0 aliphatic rings. The maximum atomic E-state index is 12.6. The van der Waals surface area contributed by atoms with Crippen LogP contribution in [0.2, 0.25) is 0 Å². The van der Waals surface area contributed by atoms with Gasteiger partial charge in [-0.3, -0.25) is 4.79 Å². The van der Waals surface area contributed by atoms with E-state index in [0.29, 0.717) is 36.8 Å². The van der Waals surface area contributed by atoms with E-state index in [1.807, 2.05) is 43.5 Å². The van der Waals surface area contributed by atoms with Gasteiger partial charge in [0.05, 0.1) is 18.9 Å². The zero-order valence-electron chi connectivity index (χ0n) is 16.9. The first-order valence-corrected chi connectivity index (χ1v) is 9.98. The van der Waals surface area contributed by atoms with Gasteiger partial charge < -0.3 is 14.8 Å². The van der Waals surface area contributed by atoms with E-state index in [-0.39, 0.29) is 5.91 Å². The van der Waals surface area contributed by atoms with Gasteiger partial charge in [0.1, 0.15) is 0 Å². The predicted molar refractivity (Wildman–Crippen MR) is 113 cm³/mol. The standard InChI is InChI=1S/C23H27N3O3/c1-3-14-28-21-11-8-19(16-22(21)29-15-4-2)23(27)24-17-18-6-9-20(10-7-18)26-13-5-12-25-26/h5-13,16H,3-4,14-15,17H2,1-2H3,(H,24,27). The molecule has 6 heteroatoms. The van der Waals surface area contributed by atoms with Crippen molar-refractivity contribution in [3.8, 4) is 17.2 Å². The summed E-state index contributed by atoms with van der Waals surface area (Å²) in [7, 11) is 0. The lowest BCUT2D eigenvalue weighted by molar-refractivity contribution is 0.0950. The SMILES string of the molecule is CCCOc1ccc(C(=O)NCc2ccc(-n3cccn3)cc2)cc1OCCC. The molecular formula is C23H27N3O3. The average molecular weight is 393 g/mol. The number of ether oxygens (including phenoxy) is 2. The molecule has 1 aromatic heterocycles. The smallest absolute Gasteiger partial charge is 0.251 e. The van der Waals surface area contributed by atoms with Crippen molar-refractivity contribution in [1.82, 2.24) is 15.1 Å². The molecule has 0 saturated carbocycles. The summed E-state index contributed by atoms with van der Waals surface area (Å²) >= 11 is 0. The van der Waals surface area contributed by atoms with Crippen molar-refractivity contribution in [3.63, 3.8) is 0 Å². The predicted octanol–water partition coefficient (Wildman–Crippen LogP) is 4.38. The minimum absolute atomic E-state index is 0.149. The van der Waals surface area contributed by atoms with Crippen molar-refractivity contribution in [2.45, 2.75) is 33.2 Å². The summed E-state index contributed by atoms with van der Waals surface area (Å²) in [5, 5.41) is 7.17. The summed E-state index contributed by atoms with van der Waals surface area (Å²) in [6.45, 7) is 5.73. The van der Waals surface area contributed by atoms with Crippen LogP contribution in [-0.2, 0) is 6.54 Å². The number of hydrogen-bond acceptors (Lipinski definition) is 4. The molecule has 0 radical (unpaired) electrons. The molecule has 152 valence electrons. The molecule has 3 rings (SSSR count). The maximum Gasteiger partial charge on any atom is 0.251 e. The fraction of sp³-hybridized carbons (Fsp3) is 0.304. The molecule has 0 spiro atoms. The first-order chi connectivity index (χ1) is 14.2.